The van der Waals surface area contributed by atoms with Crippen molar-refractivity contribution in [1.29, 1.82) is 0 Å². The predicted octanol–water partition coefficient (Wildman–Crippen LogP) is 6.94. The third-order valence-electron chi connectivity index (χ3n) is 6.61. The first kappa shape index (κ1) is 24.3. The van der Waals surface area contributed by atoms with Crippen molar-refractivity contribution in [2.75, 3.05) is 19.7 Å². The lowest BCUT2D eigenvalue weighted by atomic mass is 9.95. The maximum atomic E-state index is 6.18. The number of benzene rings is 2. The van der Waals surface area contributed by atoms with E-state index in [0.717, 1.165) is 45.7 Å². The largest absolute Gasteiger partial charge is 0.492 e. The zero-order valence-corrected chi connectivity index (χ0v) is 21.1. The number of hydrogen-bond donors (Lipinski definition) is 0. The van der Waals surface area contributed by atoms with Crippen LogP contribution in [-0.4, -0.2) is 35.6 Å². The summed E-state index contributed by atoms with van der Waals surface area (Å²) in [6.45, 7) is 10.0. The highest BCUT2D eigenvalue weighted by Gasteiger charge is 2.26. The van der Waals surface area contributed by atoms with E-state index in [1.54, 1.807) is 0 Å². The van der Waals surface area contributed by atoms with Gasteiger partial charge in [0, 0.05) is 28.4 Å². The molecular weight excluding hydrogens is 440 g/mol. The molecule has 0 N–H and O–H groups in total. The number of nitrogens with zero attached hydrogens (tertiary/aromatic N) is 2. The molecule has 1 fully saturated rings. The monoisotopic (exact) mass is 472 g/mol. The summed E-state index contributed by atoms with van der Waals surface area (Å²) in [5.41, 5.74) is 3.82. The number of piperidine rings is 1. The molecule has 1 atom stereocenters. The molecule has 2 aromatic carbocycles. The van der Waals surface area contributed by atoms with E-state index in [1.807, 2.05) is 66.9 Å². The second-order valence-corrected chi connectivity index (χ2v) is 9.99. The molecule has 3 nitrogen and oxygen atoms in total. The van der Waals surface area contributed by atoms with Gasteiger partial charge in [-0.25, -0.2) is 4.98 Å². The van der Waals surface area contributed by atoms with E-state index in [-0.39, 0.29) is 0 Å². The van der Waals surface area contributed by atoms with Crippen LogP contribution in [0.1, 0.15) is 44.9 Å². The second-order valence-electron chi connectivity index (χ2n) is 9.55. The molecule has 0 spiro atoms. The Hall–Kier alpha value is -2.80. The Balaban J connectivity index is 1.33. The van der Waals surface area contributed by atoms with Crippen molar-refractivity contribution in [3.8, 4) is 28.7 Å². The summed E-state index contributed by atoms with van der Waals surface area (Å²) in [6.07, 6.45) is 4.42. The van der Waals surface area contributed by atoms with Gasteiger partial charge >= 0.3 is 0 Å². The van der Waals surface area contributed by atoms with Gasteiger partial charge in [0.25, 0.3) is 0 Å². The number of likely N-dealkylation sites (tertiary alicyclic amines) is 1. The third kappa shape index (κ3) is 6.63. The predicted molar refractivity (Wildman–Crippen MR) is 141 cm³/mol. The van der Waals surface area contributed by atoms with Gasteiger partial charge in [-0.2, -0.15) is 0 Å². The quantitative estimate of drug-likeness (QED) is 0.363. The molecule has 1 aliphatic heterocycles. The molecule has 1 unspecified atom stereocenters. The lowest BCUT2D eigenvalue weighted by molar-refractivity contribution is 0.0712. The normalized spacial score (nSPS) is 15.6. The van der Waals surface area contributed by atoms with Gasteiger partial charge in [0.15, 0.2) is 0 Å². The number of aromatic nitrogens is 1. The first-order valence-corrected chi connectivity index (χ1v) is 12.6. The lowest BCUT2D eigenvalue weighted by Crippen LogP contribution is -2.46. The Bertz CT molecular complexity index is 1100. The van der Waals surface area contributed by atoms with Crippen molar-refractivity contribution in [1.82, 2.24) is 9.88 Å². The molecule has 3 aromatic rings. The second kappa shape index (κ2) is 11.6. The number of halogens is 1. The van der Waals surface area contributed by atoms with E-state index >= 15 is 0 Å². The zero-order chi connectivity index (χ0) is 23.9. The van der Waals surface area contributed by atoms with Crippen LogP contribution in [0.3, 0.4) is 0 Å². The molecule has 176 valence electrons. The molecule has 1 saturated heterocycles. The molecule has 0 amide bonds. The average Bonchev–Trinajstić information content (AvgIpc) is 2.85. The average molecular weight is 473 g/mol. The van der Waals surface area contributed by atoms with E-state index in [4.69, 9.17) is 16.3 Å². The minimum Gasteiger partial charge on any atom is -0.492 e. The van der Waals surface area contributed by atoms with Crippen molar-refractivity contribution in [3.63, 3.8) is 0 Å². The lowest BCUT2D eigenvalue weighted by Gasteiger charge is -2.38. The molecule has 2 heterocycles. The summed E-state index contributed by atoms with van der Waals surface area (Å²) < 4.78 is 6.18. The van der Waals surface area contributed by atoms with Gasteiger partial charge in [-0.05, 0) is 91.7 Å². The SMILES string of the molecule is CC1CCN(C(COc2ccc(C#Cc3ccc(-c4ccc(Cl)cc4)cn3)cc2)C(C)C)CC1. The molecule has 4 heteroatoms. The first-order chi connectivity index (χ1) is 16.5. The number of rotatable bonds is 6. The highest BCUT2D eigenvalue weighted by atomic mass is 35.5. The summed E-state index contributed by atoms with van der Waals surface area (Å²) in [4.78, 5) is 7.10. The summed E-state index contributed by atoms with van der Waals surface area (Å²) in [5, 5.41) is 0.729. The van der Waals surface area contributed by atoms with Crippen LogP contribution in [-0.2, 0) is 0 Å². The van der Waals surface area contributed by atoms with Gasteiger partial charge < -0.3 is 4.74 Å². The van der Waals surface area contributed by atoms with Crippen LogP contribution in [0.25, 0.3) is 11.1 Å². The third-order valence-corrected chi connectivity index (χ3v) is 6.86. The Labute approximate surface area is 209 Å². The summed E-state index contributed by atoms with van der Waals surface area (Å²) in [7, 11) is 0. The van der Waals surface area contributed by atoms with Crippen molar-refractivity contribution in [2.45, 2.75) is 39.7 Å². The first-order valence-electron chi connectivity index (χ1n) is 12.2. The van der Waals surface area contributed by atoms with Crippen LogP contribution in [0.15, 0.2) is 66.9 Å². The molecule has 0 bridgehead atoms. The molecular formula is C30H33ClN2O. The number of pyridine rings is 1. The maximum Gasteiger partial charge on any atom is 0.119 e. The van der Waals surface area contributed by atoms with Gasteiger partial charge in [0.2, 0.25) is 0 Å². The Morgan fingerprint density at radius 2 is 1.62 bits per heavy atom. The molecule has 0 saturated carbocycles. The molecule has 0 aliphatic carbocycles. The van der Waals surface area contributed by atoms with E-state index in [9.17, 15) is 0 Å². The molecule has 34 heavy (non-hydrogen) atoms. The van der Waals surface area contributed by atoms with Gasteiger partial charge in [0.05, 0.1) is 0 Å². The van der Waals surface area contributed by atoms with Crippen LogP contribution < -0.4 is 4.74 Å². The minimum absolute atomic E-state index is 0.453. The molecule has 1 aliphatic rings. The van der Waals surface area contributed by atoms with Crippen molar-refractivity contribution in [2.24, 2.45) is 11.8 Å². The van der Waals surface area contributed by atoms with Crippen LogP contribution >= 0.6 is 11.6 Å². The van der Waals surface area contributed by atoms with Gasteiger partial charge in [0.1, 0.15) is 18.1 Å². The number of ether oxygens (including phenoxy) is 1. The Morgan fingerprint density at radius 3 is 2.24 bits per heavy atom. The Kier molecular flexibility index (Phi) is 8.27. The van der Waals surface area contributed by atoms with Gasteiger partial charge in [-0.3, -0.25) is 4.90 Å². The van der Waals surface area contributed by atoms with Gasteiger partial charge in [-0.15, -0.1) is 0 Å². The fourth-order valence-electron chi connectivity index (χ4n) is 4.31. The topological polar surface area (TPSA) is 25.4 Å². The molecule has 1 aromatic heterocycles. The maximum absolute atomic E-state index is 6.18. The minimum atomic E-state index is 0.453. The van der Waals surface area contributed by atoms with Crippen LogP contribution in [0.2, 0.25) is 5.02 Å². The fraction of sp³-hybridized carbons (Fsp3) is 0.367. The highest BCUT2D eigenvalue weighted by molar-refractivity contribution is 6.30. The smallest absolute Gasteiger partial charge is 0.119 e. The standard InChI is InChI=1S/C30H33ClN2O/c1-22(2)30(33-18-16-23(3)17-19-33)21-34-29-14-5-24(6-15-29)4-12-28-13-9-26(20-32-28)25-7-10-27(31)11-8-25/h5-11,13-15,20,22-23,30H,16-19,21H2,1-3H3. The van der Waals surface area contributed by atoms with Crippen LogP contribution in [0.4, 0.5) is 0 Å². The van der Waals surface area contributed by atoms with Crippen LogP contribution in [0.5, 0.6) is 5.75 Å². The summed E-state index contributed by atoms with van der Waals surface area (Å²) in [5.74, 6) is 8.66. The molecule has 0 radical (unpaired) electrons. The van der Waals surface area contributed by atoms with Crippen LogP contribution in [0, 0.1) is 23.7 Å². The number of hydrogen-bond acceptors (Lipinski definition) is 3. The van der Waals surface area contributed by atoms with E-state index in [1.165, 1.54) is 25.9 Å². The fourth-order valence-corrected chi connectivity index (χ4v) is 4.44. The van der Waals surface area contributed by atoms with Crippen molar-refractivity contribution < 1.29 is 4.74 Å². The van der Waals surface area contributed by atoms with Crippen molar-refractivity contribution >= 4 is 11.6 Å². The van der Waals surface area contributed by atoms with E-state index in [0.29, 0.717) is 12.0 Å². The van der Waals surface area contributed by atoms with Gasteiger partial charge in [-0.1, -0.05) is 56.5 Å². The van der Waals surface area contributed by atoms with Crippen molar-refractivity contribution in [3.05, 3.63) is 83.1 Å². The zero-order valence-electron chi connectivity index (χ0n) is 20.3. The molecule has 4 rings (SSSR count). The summed E-state index contributed by atoms with van der Waals surface area (Å²) >= 11 is 5.97. The Morgan fingerprint density at radius 1 is 0.941 bits per heavy atom. The van der Waals surface area contributed by atoms with E-state index in [2.05, 4.69) is 42.5 Å². The summed E-state index contributed by atoms with van der Waals surface area (Å²) in [6, 6.07) is 20.2. The highest BCUT2D eigenvalue weighted by Crippen LogP contribution is 2.23. The van der Waals surface area contributed by atoms with E-state index < -0.39 is 0 Å².